The van der Waals surface area contributed by atoms with Crippen LogP contribution >= 0.6 is 11.6 Å². The van der Waals surface area contributed by atoms with E-state index in [2.05, 4.69) is 0 Å². The maximum Gasteiger partial charge on any atom is 0.255 e. The van der Waals surface area contributed by atoms with Crippen LogP contribution in [0.15, 0.2) is 78.9 Å². The molecule has 0 N–H and O–H groups in total. The van der Waals surface area contributed by atoms with Gasteiger partial charge in [-0.3, -0.25) is 9.59 Å². The van der Waals surface area contributed by atoms with Crippen molar-refractivity contribution in [1.29, 1.82) is 0 Å². The lowest BCUT2D eigenvalue weighted by atomic mass is 10.1. The highest BCUT2D eigenvalue weighted by Gasteiger charge is 2.28. The second kappa shape index (κ2) is 10.8. The second-order valence-corrected chi connectivity index (χ2v) is 9.74. The maximum atomic E-state index is 14.9. The van der Waals surface area contributed by atoms with Crippen molar-refractivity contribution in [2.45, 2.75) is 13.3 Å². The Morgan fingerprint density at radius 2 is 1.47 bits per heavy atom. The molecule has 1 fully saturated rings. The van der Waals surface area contributed by atoms with E-state index in [9.17, 15) is 18.4 Å². The number of para-hydroxylation sites is 1. The summed E-state index contributed by atoms with van der Waals surface area (Å²) in [6.07, 6.45) is 0.184. The predicted molar refractivity (Wildman–Crippen MR) is 143 cm³/mol. The fourth-order valence-electron chi connectivity index (χ4n) is 4.82. The number of hydrogen-bond acceptors (Lipinski definition) is 2. The van der Waals surface area contributed by atoms with E-state index < -0.39 is 5.82 Å². The number of amides is 2. The molecule has 4 aromatic rings. The number of carbonyl (C=O) groups excluding carboxylic acids is 2. The van der Waals surface area contributed by atoms with E-state index in [0.29, 0.717) is 53.8 Å². The Bertz CT molecular complexity index is 1470. The molecule has 2 heterocycles. The van der Waals surface area contributed by atoms with Gasteiger partial charge >= 0.3 is 0 Å². The maximum absolute atomic E-state index is 14.9. The summed E-state index contributed by atoms with van der Waals surface area (Å²) in [5.74, 6) is -0.963. The highest BCUT2D eigenvalue weighted by molar-refractivity contribution is 6.30. The molecule has 0 saturated carbocycles. The van der Waals surface area contributed by atoms with Gasteiger partial charge in [-0.05, 0) is 60.5 Å². The third-order valence-corrected chi connectivity index (χ3v) is 7.15. The summed E-state index contributed by atoms with van der Waals surface area (Å²) < 4.78 is 29.8. The summed E-state index contributed by atoms with van der Waals surface area (Å²) >= 11 is 6.08. The third-order valence-electron chi connectivity index (χ3n) is 6.90. The second-order valence-electron chi connectivity index (χ2n) is 9.30. The van der Waals surface area contributed by atoms with E-state index >= 15 is 0 Å². The van der Waals surface area contributed by atoms with Gasteiger partial charge in [0, 0.05) is 36.9 Å². The van der Waals surface area contributed by atoms with Crippen LogP contribution in [-0.2, 0) is 11.2 Å². The fraction of sp³-hybridized carbons (Fsp3) is 0.200. The van der Waals surface area contributed by atoms with Gasteiger partial charge in [-0.1, -0.05) is 48.0 Å². The monoisotopic (exact) mass is 533 g/mol. The van der Waals surface area contributed by atoms with Crippen LogP contribution in [0.25, 0.3) is 16.9 Å². The zero-order valence-electron chi connectivity index (χ0n) is 20.8. The van der Waals surface area contributed by atoms with Crippen LogP contribution in [-0.4, -0.2) is 52.4 Å². The van der Waals surface area contributed by atoms with Crippen LogP contribution in [0.1, 0.15) is 21.6 Å². The molecule has 194 valence electrons. The Kier molecular flexibility index (Phi) is 7.29. The van der Waals surface area contributed by atoms with Crippen molar-refractivity contribution in [3.63, 3.8) is 0 Å². The number of benzene rings is 3. The predicted octanol–water partition coefficient (Wildman–Crippen LogP) is 5.91. The summed E-state index contributed by atoms with van der Waals surface area (Å²) in [5, 5.41) is 0.581. The number of carbonyl (C=O) groups is 2. The number of aromatic nitrogens is 1. The van der Waals surface area contributed by atoms with Gasteiger partial charge in [0.2, 0.25) is 5.91 Å². The summed E-state index contributed by atoms with van der Waals surface area (Å²) in [6.45, 7) is 3.39. The van der Waals surface area contributed by atoms with Crippen LogP contribution in [0.3, 0.4) is 0 Å². The molecule has 1 aromatic heterocycles. The summed E-state index contributed by atoms with van der Waals surface area (Å²) in [5.41, 5.74) is 3.68. The first-order valence-electron chi connectivity index (χ1n) is 12.4. The lowest BCUT2D eigenvalue weighted by Crippen LogP contribution is -2.51. The quantitative estimate of drug-likeness (QED) is 0.320. The van der Waals surface area contributed by atoms with E-state index in [1.807, 2.05) is 19.1 Å². The van der Waals surface area contributed by atoms with E-state index in [4.69, 9.17) is 11.6 Å². The van der Waals surface area contributed by atoms with Gasteiger partial charge in [0.15, 0.2) is 0 Å². The normalized spacial score (nSPS) is 13.6. The van der Waals surface area contributed by atoms with Gasteiger partial charge in [-0.15, -0.1) is 0 Å². The highest BCUT2D eigenvalue weighted by atomic mass is 35.5. The van der Waals surface area contributed by atoms with Gasteiger partial charge in [-0.25, -0.2) is 8.78 Å². The summed E-state index contributed by atoms with van der Waals surface area (Å²) in [4.78, 5) is 29.8. The zero-order chi connectivity index (χ0) is 26.8. The van der Waals surface area contributed by atoms with E-state index in [0.717, 1.165) is 11.1 Å². The average molecular weight is 534 g/mol. The van der Waals surface area contributed by atoms with Crippen molar-refractivity contribution in [1.82, 2.24) is 14.4 Å². The SMILES string of the molecule is Cc1c(C(=O)N2CCN(C(=O)Cc3ccc(F)cc3)CC2)cc(-c2ccc(Cl)cc2)n1-c1ccccc1F. The minimum atomic E-state index is -0.395. The number of hydrogen-bond donors (Lipinski definition) is 0. The Hall–Kier alpha value is -3.97. The van der Waals surface area contributed by atoms with Crippen LogP contribution < -0.4 is 0 Å². The number of piperazine rings is 1. The molecule has 38 heavy (non-hydrogen) atoms. The van der Waals surface area contributed by atoms with E-state index in [1.54, 1.807) is 62.9 Å². The first-order valence-corrected chi connectivity index (χ1v) is 12.7. The van der Waals surface area contributed by atoms with Gasteiger partial charge in [0.25, 0.3) is 5.91 Å². The lowest BCUT2D eigenvalue weighted by Gasteiger charge is -2.35. The van der Waals surface area contributed by atoms with Crippen LogP contribution in [0.4, 0.5) is 8.78 Å². The average Bonchev–Trinajstić information content (AvgIpc) is 3.27. The number of halogens is 3. The zero-order valence-corrected chi connectivity index (χ0v) is 21.6. The van der Waals surface area contributed by atoms with Crippen molar-refractivity contribution < 1.29 is 18.4 Å². The van der Waals surface area contributed by atoms with Crippen LogP contribution in [0, 0.1) is 18.6 Å². The van der Waals surface area contributed by atoms with Gasteiger partial charge in [-0.2, -0.15) is 0 Å². The molecule has 5 nitrogen and oxygen atoms in total. The Balaban J connectivity index is 1.37. The third kappa shape index (κ3) is 5.20. The van der Waals surface area contributed by atoms with Crippen molar-refractivity contribution in [2.24, 2.45) is 0 Å². The Morgan fingerprint density at radius 1 is 0.842 bits per heavy atom. The van der Waals surface area contributed by atoms with Gasteiger partial charge in [0.1, 0.15) is 11.6 Å². The molecule has 2 amide bonds. The van der Waals surface area contributed by atoms with Crippen LogP contribution in [0.5, 0.6) is 0 Å². The lowest BCUT2D eigenvalue weighted by molar-refractivity contribution is -0.131. The summed E-state index contributed by atoms with van der Waals surface area (Å²) in [6, 6.07) is 21.3. The molecular weight excluding hydrogens is 508 g/mol. The molecular formula is C30H26ClF2N3O2. The van der Waals surface area contributed by atoms with Crippen molar-refractivity contribution in [2.75, 3.05) is 26.2 Å². The molecule has 0 atom stereocenters. The first-order chi connectivity index (χ1) is 18.3. The summed E-state index contributed by atoms with van der Waals surface area (Å²) in [7, 11) is 0. The molecule has 1 aliphatic rings. The minimum Gasteiger partial charge on any atom is -0.339 e. The molecule has 0 spiro atoms. The molecule has 5 rings (SSSR count). The number of nitrogens with zero attached hydrogens (tertiary/aromatic N) is 3. The van der Waals surface area contributed by atoms with E-state index in [-0.39, 0.29) is 24.1 Å². The van der Waals surface area contributed by atoms with Gasteiger partial charge < -0.3 is 14.4 Å². The minimum absolute atomic E-state index is 0.0596. The fourth-order valence-corrected chi connectivity index (χ4v) is 4.94. The molecule has 0 radical (unpaired) electrons. The van der Waals surface area contributed by atoms with Crippen molar-refractivity contribution >= 4 is 23.4 Å². The topological polar surface area (TPSA) is 45.6 Å². The molecule has 0 aliphatic carbocycles. The van der Waals surface area contributed by atoms with E-state index in [1.165, 1.54) is 18.2 Å². The molecule has 8 heteroatoms. The highest BCUT2D eigenvalue weighted by Crippen LogP contribution is 2.32. The first kappa shape index (κ1) is 25.7. The van der Waals surface area contributed by atoms with Crippen molar-refractivity contribution in [3.05, 3.63) is 112 Å². The molecule has 3 aromatic carbocycles. The largest absolute Gasteiger partial charge is 0.339 e. The standard InChI is InChI=1S/C30H26ClF2N3O2/c1-20-25(19-28(22-8-10-23(31)11-9-22)36(20)27-5-3-2-4-26(27)33)30(38)35-16-14-34(15-17-35)29(37)18-21-6-12-24(32)13-7-21/h2-13,19H,14-18H2,1H3. The number of rotatable bonds is 5. The molecule has 1 aliphatic heterocycles. The van der Waals surface area contributed by atoms with Crippen molar-refractivity contribution in [3.8, 4) is 16.9 Å². The van der Waals surface area contributed by atoms with Crippen LogP contribution in [0.2, 0.25) is 5.02 Å². The molecule has 0 bridgehead atoms. The molecule has 1 saturated heterocycles. The van der Waals surface area contributed by atoms with Gasteiger partial charge in [0.05, 0.1) is 23.4 Å². The Morgan fingerprint density at radius 3 is 2.13 bits per heavy atom. The molecule has 0 unspecified atom stereocenters. The Labute approximate surface area is 224 Å². The smallest absolute Gasteiger partial charge is 0.255 e.